The molecular formula is C28H56O5. The maximum absolute atomic E-state index is 11.7. The Bertz CT molecular complexity index is 386. The SMILES string of the molecule is CCCCCCCCCCOCCOCCOCCCC(=O)OCCCCCCCC(C)C. The molecule has 5 heteroatoms. The van der Waals surface area contributed by atoms with Crippen molar-refractivity contribution in [2.24, 2.45) is 5.92 Å². The number of hydrogen-bond acceptors (Lipinski definition) is 5. The summed E-state index contributed by atoms with van der Waals surface area (Å²) >= 11 is 0. The van der Waals surface area contributed by atoms with Gasteiger partial charge in [0.15, 0.2) is 0 Å². The summed E-state index contributed by atoms with van der Waals surface area (Å²) in [6.07, 6.45) is 19.0. The zero-order valence-electron chi connectivity index (χ0n) is 22.4. The van der Waals surface area contributed by atoms with Gasteiger partial charge in [-0.05, 0) is 25.2 Å². The Labute approximate surface area is 205 Å². The number of hydrogen-bond donors (Lipinski definition) is 0. The number of esters is 1. The number of rotatable bonds is 27. The van der Waals surface area contributed by atoms with Crippen LogP contribution in [0.2, 0.25) is 0 Å². The lowest BCUT2D eigenvalue weighted by Gasteiger charge is -2.08. The van der Waals surface area contributed by atoms with Gasteiger partial charge in [-0.2, -0.15) is 0 Å². The molecule has 0 aromatic carbocycles. The topological polar surface area (TPSA) is 54.0 Å². The molecule has 0 saturated heterocycles. The first-order valence-corrected chi connectivity index (χ1v) is 14.1. The first-order chi connectivity index (χ1) is 16.2. The lowest BCUT2D eigenvalue weighted by Crippen LogP contribution is -2.11. The average molecular weight is 473 g/mol. The van der Waals surface area contributed by atoms with Gasteiger partial charge in [0.25, 0.3) is 0 Å². The van der Waals surface area contributed by atoms with Crippen LogP contribution in [-0.2, 0) is 23.7 Å². The quantitative estimate of drug-likeness (QED) is 0.0915. The summed E-state index contributed by atoms with van der Waals surface area (Å²) < 4.78 is 21.9. The molecule has 198 valence electrons. The Morgan fingerprint density at radius 3 is 1.58 bits per heavy atom. The van der Waals surface area contributed by atoms with Gasteiger partial charge < -0.3 is 18.9 Å². The predicted octanol–water partition coefficient (Wildman–Crippen LogP) is 7.50. The van der Waals surface area contributed by atoms with Crippen LogP contribution >= 0.6 is 0 Å². The zero-order chi connectivity index (χ0) is 24.2. The van der Waals surface area contributed by atoms with Crippen LogP contribution in [0, 0.1) is 5.92 Å². The smallest absolute Gasteiger partial charge is 0.305 e. The minimum Gasteiger partial charge on any atom is -0.466 e. The summed E-state index contributed by atoms with van der Waals surface area (Å²) in [5.74, 6) is 0.694. The molecule has 0 N–H and O–H groups in total. The van der Waals surface area contributed by atoms with Crippen LogP contribution in [0.3, 0.4) is 0 Å². The highest BCUT2D eigenvalue weighted by atomic mass is 16.5. The highest BCUT2D eigenvalue weighted by molar-refractivity contribution is 5.69. The van der Waals surface area contributed by atoms with Crippen LogP contribution in [0.5, 0.6) is 0 Å². The monoisotopic (exact) mass is 472 g/mol. The summed E-state index contributed by atoms with van der Waals surface area (Å²) in [4.78, 5) is 11.7. The number of unbranched alkanes of at least 4 members (excludes halogenated alkanes) is 11. The van der Waals surface area contributed by atoms with Crippen LogP contribution in [-0.4, -0.2) is 52.2 Å². The van der Waals surface area contributed by atoms with Gasteiger partial charge >= 0.3 is 5.97 Å². The fourth-order valence-corrected chi connectivity index (χ4v) is 3.64. The molecule has 0 bridgehead atoms. The summed E-state index contributed by atoms with van der Waals surface area (Å²) in [5.41, 5.74) is 0. The Hall–Kier alpha value is -0.650. The second-order valence-corrected chi connectivity index (χ2v) is 9.59. The molecule has 0 rings (SSSR count). The van der Waals surface area contributed by atoms with Crippen molar-refractivity contribution in [2.45, 2.75) is 124 Å². The van der Waals surface area contributed by atoms with Crippen molar-refractivity contribution in [3.05, 3.63) is 0 Å². The van der Waals surface area contributed by atoms with Crippen molar-refractivity contribution in [1.29, 1.82) is 0 Å². The largest absolute Gasteiger partial charge is 0.466 e. The van der Waals surface area contributed by atoms with Gasteiger partial charge in [-0.3, -0.25) is 4.79 Å². The van der Waals surface area contributed by atoms with Crippen molar-refractivity contribution < 1.29 is 23.7 Å². The summed E-state index contributed by atoms with van der Waals surface area (Å²) in [6, 6.07) is 0. The lowest BCUT2D eigenvalue weighted by molar-refractivity contribution is -0.144. The van der Waals surface area contributed by atoms with E-state index in [4.69, 9.17) is 18.9 Å². The highest BCUT2D eigenvalue weighted by Crippen LogP contribution is 2.11. The molecule has 0 saturated carbocycles. The third-order valence-corrected chi connectivity index (χ3v) is 5.74. The van der Waals surface area contributed by atoms with Crippen molar-refractivity contribution in [3.8, 4) is 0 Å². The standard InChI is InChI=1S/C28H56O5/c1-4-5-6-7-8-9-12-15-20-30-23-25-32-26-24-31-21-17-19-28(29)33-22-16-13-10-11-14-18-27(2)3/h27H,4-26H2,1-3H3. The molecule has 0 aliphatic heterocycles. The van der Waals surface area contributed by atoms with Crippen LogP contribution in [0.25, 0.3) is 0 Å². The Kier molecular flexibility index (Phi) is 27.0. The third kappa shape index (κ3) is 29.3. The van der Waals surface area contributed by atoms with E-state index in [0.717, 1.165) is 31.8 Å². The van der Waals surface area contributed by atoms with E-state index < -0.39 is 0 Å². The molecule has 5 nitrogen and oxygen atoms in total. The molecule has 0 aromatic rings. The van der Waals surface area contributed by atoms with Gasteiger partial charge in [0.05, 0.1) is 33.0 Å². The second-order valence-electron chi connectivity index (χ2n) is 9.59. The van der Waals surface area contributed by atoms with Gasteiger partial charge in [0.2, 0.25) is 0 Å². The summed E-state index contributed by atoms with van der Waals surface area (Å²) in [6.45, 7) is 11.2. The normalized spacial score (nSPS) is 11.4. The predicted molar refractivity (Wildman–Crippen MR) is 138 cm³/mol. The first-order valence-electron chi connectivity index (χ1n) is 14.1. The second kappa shape index (κ2) is 27.6. The van der Waals surface area contributed by atoms with Gasteiger partial charge in [-0.15, -0.1) is 0 Å². The van der Waals surface area contributed by atoms with Crippen LogP contribution in [0.4, 0.5) is 0 Å². The summed E-state index contributed by atoms with van der Waals surface area (Å²) in [5, 5.41) is 0. The Morgan fingerprint density at radius 1 is 0.545 bits per heavy atom. The first kappa shape index (κ1) is 32.4. The maximum Gasteiger partial charge on any atom is 0.305 e. The lowest BCUT2D eigenvalue weighted by atomic mass is 10.0. The molecule has 0 radical (unpaired) electrons. The van der Waals surface area contributed by atoms with Crippen molar-refractivity contribution in [3.63, 3.8) is 0 Å². The van der Waals surface area contributed by atoms with E-state index in [1.165, 1.54) is 70.6 Å². The molecule has 0 aliphatic rings. The van der Waals surface area contributed by atoms with Gasteiger partial charge in [0, 0.05) is 19.6 Å². The van der Waals surface area contributed by atoms with Gasteiger partial charge in [-0.25, -0.2) is 0 Å². The Morgan fingerprint density at radius 2 is 1.00 bits per heavy atom. The molecule has 0 fully saturated rings. The summed E-state index contributed by atoms with van der Waals surface area (Å²) in [7, 11) is 0. The zero-order valence-corrected chi connectivity index (χ0v) is 22.4. The molecule has 0 atom stereocenters. The van der Waals surface area contributed by atoms with Crippen molar-refractivity contribution >= 4 is 5.97 Å². The van der Waals surface area contributed by atoms with Crippen LogP contribution < -0.4 is 0 Å². The molecule has 0 aromatic heterocycles. The number of ether oxygens (including phenoxy) is 4. The average Bonchev–Trinajstić information content (AvgIpc) is 2.79. The molecule has 0 amide bonds. The molecule has 0 heterocycles. The van der Waals surface area contributed by atoms with E-state index in [9.17, 15) is 4.79 Å². The molecule has 0 unspecified atom stereocenters. The molecule has 0 spiro atoms. The van der Waals surface area contributed by atoms with E-state index in [2.05, 4.69) is 20.8 Å². The van der Waals surface area contributed by atoms with Crippen LogP contribution in [0.15, 0.2) is 0 Å². The van der Waals surface area contributed by atoms with Crippen LogP contribution in [0.1, 0.15) is 124 Å². The fraction of sp³-hybridized carbons (Fsp3) is 0.964. The molecule has 33 heavy (non-hydrogen) atoms. The molecular weight excluding hydrogens is 416 g/mol. The van der Waals surface area contributed by atoms with E-state index in [-0.39, 0.29) is 5.97 Å². The number of carbonyl (C=O) groups excluding carboxylic acids is 1. The minimum atomic E-state index is -0.108. The third-order valence-electron chi connectivity index (χ3n) is 5.74. The van der Waals surface area contributed by atoms with Crippen molar-refractivity contribution in [2.75, 3.05) is 46.2 Å². The van der Waals surface area contributed by atoms with Gasteiger partial charge in [0.1, 0.15) is 0 Å². The molecule has 0 aliphatic carbocycles. The van der Waals surface area contributed by atoms with Crippen molar-refractivity contribution in [1.82, 2.24) is 0 Å². The number of carbonyl (C=O) groups is 1. The maximum atomic E-state index is 11.7. The van der Waals surface area contributed by atoms with E-state index in [1.807, 2.05) is 0 Å². The van der Waals surface area contributed by atoms with E-state index >= 15 is 0 Å². The Balaban J connectivity index is 3.13. The van der Waals surface area contributed by atoms with E-state index in [1.54, 1.807) is 0 Å². The van der Waals surface area contributed by atoms with E-state index in [0.29, 0.717) is 52.5 Å². The fourth-order valence-electron chi connectivity index (χ4n) is 3.64. The highest BCUT2D eigenvalue weighted by Gasteiger charge is 2.03. The van der Waals surface area contributed by atoms with Gasteiger partial charge in [-0.1, -0.05) is 97.8 Å². The minimum absolute atomic E-state index is 0.108.